The predicted octanol–water partition coefficient (Wildman–Crippen LogP) is 5.60. The average molecular weight is 517 g/mol. The van der Waals surface area contributed by atoms with Crippen LogP contribution in [0.2, 0.25) is 5.02 Å². The summed E-state index contributed by atoms with van der Waals surface area (Å²) in [4.78, 5) is 19.5. The largest absolute Gasteiger partial charge is 0.481 e. The normalized spacial score (nSPS) is 23.8. The van der Waals surface area contributed by atoms with Crippen LogP contribution in [-0.4, -0.2) is 52.6 Å². The number of H-pyrrole nitrogens is 1. The van der Waals surface area contributed by atoms with E-state index in [9.17, 15) is 9.90 Å². The van der Waals surface area contributed by atoms with E-state index in [-0.39, 0.29) is 18.3 Å². The molecule has 3 aliphatic rings. The third kappa shape index (κ3) is 3.89. The van der Waals surface area contributed by atoms with Gasteiger partial charge in [0.05, 0.1) is 34.2 Å². The lowest BCUT2D eigenvalue weighted by Gasteiger charge is -2.15. The fourth-order valence-electron chi connectivity index (χ4n) is 5.53. The molecule has 2 N–H and O–H groups in total. The molecule has 0 bridgehead atoms. The lowest BCUT2D eigenvalue weighted by atomic mass is 9.93. The first-order valence-corrected chi connectivity index (χ1v) is 12.9. The van der Waals surface area contributed by atoms with Gasteiger partial charge in [-0.3, -0.25) is 4.79 Å². The molecule has 1 aromatic heterocycles. The molecular weight excluding hydrogens is 492 g/mol. The van der Waals surface area contributed by atoms with Crippen molar-refractivity contribution in [3.05, 3.63) is 71.2 Å². The summed E-state index contributed by atoms with van der Waals surface area (Å²) in [6.07, 6.45) is 2.19. The van der Waals surface area contributed by atoms with Gasteiger partial charge in [-0.2, -0.15) is 4.98 Å². The van der Waals surface area contributed by atoms with Gasteiger partial charge in [-0.05, 0) is 53.6 Å². The Bertz CT molecular complexity index is 1490. The zero-order valence-corrected chi connectivity index (χ0v) is 20.7. The molecule has 3 atom stereocenters. The number of aromatic nitrogens is 2. The van der Waals surface area contributed by atoms with E-state index in [0.717, 1.165) is 45.3 Å². The van der Waals surface area contributed by atoms with Gasteiger partial charge >= 0.3 is 5.97 Å². The lowest BCUT2D eigenvalue weighted by Crippen LogP contribution is -2.32. The number of nitrogens with zero attached hydrogens (tertiary/aromatic N) is 1. The summed E-state index contributed by atoms with van der Waals surface area (Å²) >= 11 is 6.66. The first-order valence-electron chi connectivity index (χ1n) is 12.5. The number of aliphatic carboxylic acids is 1. The molecule has 2 saturated heterocycles. The summed E-state index contributed by atoms with van der Waals surface area (Å²) < 4.78 is 17.6. The molecule has 0 spiro atoms. The molecule has 3 heterocycles. The zero-order valence-electron chi connectivity index (χ0n) is 19.9. The second-order valence-corrected chi connectivity index (χ2v) is 10.5. The van der Waals surface area contributed by atoms with Crippen LogP contribution in [0.25, 0.3) is 33.3 Å². The van der Waals surface area contributed by atoms with Crippen molar-refractivity contribution in [1.29, 1.82) is 0 Å². The van der Waals surface area contributed by atoms with E-state index >= 15 is 0 Å². The number of carboxylic acid groups (broad SMARTS) is 1. The van der Waals surface area contributed by atoms with Crippen molar-refractivity contribution in [3.63, 3.8) is 0 Å². The van der Waals surface area contributed by atoms with Crippen LogP contribution in [0.15, 0.2) is 60.7 Å². The SMILES string of the molecule is O=C(O)C1(c2ccc(-c3ccc(-c4cc5nc(OC6COC7CCOC76)[nH]c5cc4Cl)cc3)cc2)CC1. The highest BCUT2D eigenvalue weighted by atomic mass is 35.5. The van der Waals surface area contributed by atoms with Gasteiger partial charge < -0.3 is 24.3 Å². The Balaban J connectivity index is 1.11. The minimum absolute atomic E-state index is 0.0472. The minimum atomic E-state index is -0.738. The quantitative estimate of drug-likeness (QED) is 0.346. The second kappa shape index (κ2) is 8.58. The zero-order chi connectivity index (χ0) is 25.1. The summed E-state index contributed by atoms with van der Waals surface area (Å²) in [5.41, 5.74) is 5.71. The van der Waals surface area contributed by atoms with Crippen LogP contribution < -0.4 is 4.74 Å². The Morgan fingerprint density at radius 1 is 1.03 bits per heavy atom. The molecule has 2 aliphatic heterocycles. The van der Waals surface area contributed by atoms with Crippen LogP contribution in [0.5, 0.6) is 6.01 Å². The van der Waals surface area contributed by atoms with Gasteiger partial charge in [-0.1, -0.05) is 60.1 Å². The molecule has 3 fully saturated rings. The highest BCUT2D eigenvalue weighted by Crippen LogP contribution is 2.48. The number of hydrogen-bond donors (Lipinski definition) is 2. The van der Waals surface area contributed by atoms with Crippen molar-refractivity contribution in [2.45, 2.75) is 43.0 Å². The molecule has 4 aromatic rings. The molecule has 37 heavy (non-hydrogen) atoms. The maximum Gasteiger partial charge on any atom is 0.314 e. The third-order valence-corrected chi connectivity index (χ3v) is 8.17. The highest BCUT2D eigenvalue weighted by molar-refractivity contribution is 6.34. The summed E-state index contributed by atoms with van der Waals surface area (Å²) in [6, 6.07) is 20.3. The van der Waals surface area contributed by atoms with Crippen LogP contribution in [-0.2, 0) is 19.7 Å². The van der Waals surface area contributed by atoms with Crippen molar-refractivity contribution >= 4 is 28.6 Å². The number of ether oxygens (including phenoxy) is 3. The number of carbonyl (C=O) groups is 1. The van der Waals surface area contributed by atoms with E-state index in [0.29, 0.717) is 37.1 Å². The molecule has 1 saturated carbocycles. The monoisotopic (exact) mass is 516 g/mol. The smallest absolute Gasteiger partial charge is 0.314 e. The highest BCUT2D eigenvalue weighted by Gasteiger charge is 2.51. The number of hydrogen-bond acceptors (Lipinski definition) is 5. The second-order valence-electron chi connectivity index (χ2n) is 10.1. The van der Waals surface area contributed by atoms with Crippen molar-refractivity contribution in [3.8, 4) is 28.3 Å². The van der Waals surface area contributed by atoms with Crippen LogP contribution in [0.4, 0.5) is 0 Å². The van der Waals surface area contributed by atoms with Crippen molar-refractivity contribution < 1.29 is 24.1 Å². The predicted molar refractivity (Wildman–Crippen MR) is 139 cm³/mol. The first kappa shape index (κ1) is 22.8. The van der Waals surface area contributed by atoms with Crippen molar-refractivity contribution in [1.82, 2.24) is 9.97 Å². The standard InChI is InChI=1S/C29H25ClN2O5/c30-21-14-23-22(31-28(32-23)37-25-15-36-24-9-12-35-26(24)25)13-20(21)18-3-1-16(2-4-18)17-5-7-19(8-6-17)29(10-11-29)27(33)34/h1-8,13-14,24-26H,9-12,15H2,(H,31,32)(H,33,34). The van der Waals surface area contributed by atoms with Crippen LogP contribution in [0, 0.1) is 0 Å². The van der Waals surface area contributed by atoms with Crippen LogP contribution in [0.1, 0.15) is 24.8 Å². The Morgan fingerprint density at radius 2 is 1.73 bits per heavy atom. The number of carboxylic acids is 1. The van der Waals surface area contributed by atoms with Gasteiger partial charge in [0.15, 0.2) is 6.10 Å². The van der Waals surface area contributed by atoms with E-state index in [1.807, 2.05) is 60.7 Å². The number of nitrogens with one attached hydrogen (secondary N) is 1. The number of fused-ring (bicyclic) bond motifs is 2. The Morgan fingerprint density at radius 3 is 2.43 bits per heavy atom. The summed E-state index contributed by atoms with van der Waals surface area (Å²) in [6.45, 7) is 1.19. The number of imidazole rings is 1. The van der Waals surface area contributed by atoms with Crippen molar-refractivity contribution in [2.75, 3.05) is 13.2 Å². The first-order chi connectivity index (χ1) is 18.0. The van der Waals surface area contributed by atoms with Crippen LogP contribution in [0.3, 0.4) is 0 Å². The van der Waals surface area contributed by atoms with E-state index in [1.165, 1.54) is 0 Å². The molecule has 8 heteroatoms. The molecule has 1 aliphatic carbocycles. The van der Waals surface area contributed by atoms with Gasteiger partial charge in [0.1, 0.15) is 6.10 Å². The number of aromatic amines is 1. The average Bonchev–Trinajstić information content (AvgIpc) is 3.22. The number of rotatable bonds is 6. The van der Waals surface area contributed by atoms with E-state index < -0.39 is 11.4 Å². The molecule has 0 amide bonds. The van der Waals surface area contributed by atoms with Gasteiger partial charge in [0.25, 0.3) is 6.01 Å². The third-order valence-electron chi connectivity index (χ3n) is 7.86. The lowest BCUT2D eigenvalue weighted by molar-refractivity contribution is -0.140. The Hall–Kier alpha value is -3.39. The topological polar surface area (TPSA) is 93.7 Å². The Kier molecular flexibility index (Phi) is 5.29. The molecule has 0 radical (unpaired) electrons. The fraction of sp³-hybridized carbons (Fsp3) is 0.310. The summed E-state index contributed by atoms with van der Waals surface area (Å²) in [5.74, 6) is -0.738. The van der Waals surface area contributed by atoms with E-state index in [4.69, 9.17) is 25.8 Å². The van der Waals surface area contributed by atoms with Crippen molar-refractivity contribution in [2.24, 2.45) is 0 Å². The summed E-state index contributed by atoms with van der Waals surface area (Å²) in [7, 11) is 0. The maximum atomic E-state index is 11.6. The maximum absolute atomic E-state index is 11.6. The minimum Gasteiger partial charge on any atom is -0.481 e. The van der Waals surface area contributed by atoms with Crippen LogP contribution >= 0.6 is 11.6 Å². The molecule has 7 rings (SSSR count). The number of benzene rings is 3. The van der Waals surface area contributed by atoms with Gasteiger partial charge in [0, 0.05) is 12.2 Å². The van der Waals surface area contributed by atoms with Gasteiger partial charge in [-0.15, -0.1) is 0 Å². The van der Waals surface area contributed by atoms with E-state index in [2.05, 4.69) is 9.97 Å². The molecular formula is C29H25ClN2O5. The molecule has 188 valence electrons. The molecule has 3 unspecified atom stereocenters. The molecule has 7 nitrogen and oxygen atoms in total. The van der Waals surface area contributed by atoms with Gasteiger partial charge in [0.2, 0.25) is 0 Å². The van der Waals surface area contributed by atoms with Gasteiger partial charge in [-0.25, -0.2) is 0 Å². The summed E-state index contributed by atoms with van der Waals surface area (Å²) in [5, 5.41) is 10.2. The molecule has 3 aromatic carbocycles. The Labute approximate surface area is 218 Å². The number of halogens is 1. The fourth-order valence-corrected chi connectivity index (χ4v) is 5.81. The van der Waals surface area contributed by atoms with E-state index in [1.54, 1.807) is 0 Å².